The lowest BCUT2D eigenvalue weighted by atomic mass is 9.87. The van der Waals surface area contributed by atoms with Gasteiger partial charge in [-0.2, -0.15) is 0 Å². The molecular formula is C22H29N3O. The number of hydrogen-bond donors (Lipinski definition) is 1. The third kappa shape index (κ3) is 4.43. The first kappa shape index (κ1) is 18.4. The molecule has 0 unspecified atom stereocenters. The van der Waals surface area contributed by atoms with Crippen molar-refractivity contribution in [1.29, 1.82) is 0 Å². The minimum absolute atomic E-state index is 0.0311. The van der Waals surface area contributed by atoms with Gasteiger partial charge in [0.1, 0.15) is 5.69 Å². The number of carbonyl (C=O) groups excluding carboxylic acids is 1. The summed E-state index contributed by atoms with van der Waals surface area (Å²) in [7, 11) is 0. The summed E-state index contributed by atoms with van der Waals surface area (Å²) < 4.78 is 0. The lowest BCUT2D eigenvalue weighted by Crippen LogP contribution is -2.38. The quantitative estimate of drug-likeness (QED) is 0.847. The number of rotatable bonds is 3. The maximum absolute atomic E-state index is 12.7. The number of benzene rings is 1. The zero-order chi connectivity index (χ0) is 18.7. The molecule has 1 N–H and O–H groups in total. The summed E-state index contributed by atoms with van der Waals surface area (Å²) >= 11 is 0. The second-order valence-corrected chi connectivity index (χ2v) is 8.36. The summed E-state index contributed by atoms with van der Waals surface area (Å²) in [5, 5.41) is 3.38. The molecule has 1 amide bonds. The molecule has 3 rings (SSSR count). The smallest absolute Gasteiger partial charge is 0.272 e. The normalized spacial score (nSPS) is 15.8. The largest absolute Gasteiger partial charge is 0.355 e. The fourth-order valence-electron chi connectivity index (χ4n) is 3.22. The van der Waals surface area contributed by atoms with E-state index in [2.05, 4.69) is 62.3 Å². The Morgan fingerprint density at radius 3 is 2.35 bits per heavy atom. The summed E-state index contributed by atoms with van der Waals surface area (Å²) in [5.74, 6) is 0.736. The van der Waals surface area contributed by atoms with Gasteiger partial charge < -0.3 is 10.2 Å². The highest BCUT2D eigenvalue weighted by atomic mass is 16.2. The van der Waals surface area contributed by atoms with E-state index in [-0.39, 0.29) is 11.3 Å². The van der Waals surface area contributed by atoms with Crippen molar-refractivity contribution in [3.05, 3.63) is 53.9 Å². The van der Waals surface area contributed by atoms with Crippen LogP contribution in [0.25, 0.3) is 0 Å². The van der Waals surface area contributed by atoms with Crippen LogP contribution in [0.2, 0.25) is 0 Å². The Morgan fingerprint density at radius 2 is 1.73 bits per heavy atom. The zero-order valence-electron chi connectivity index (χ0n) is 16.2. The molecule has 4 heteroatoms. The second kappa shape index (κ2) is 7.48. The summed E-state index contributed by atoms with van der Waals surface area (Å²) in [6, 6.07) is 12.2. The van der Waals surface area contributed by atoms with Gasteiger partial charge in [0.25, 0.3) is 5.91 Å². The molecule has 1 aromatic heterocycles. The number of likely N-dealkylation sites (tertiary alicyclic amines) is 1. The first-order valence-electron chi connectivity index (χ1n) is 9.46. The maximum Gasteiger partial charge on any atom is 0.272 e. The summed E-state index contributed by atoms with van der Waals surface area (Å²) in [4.78, 5) is 18.9. The van der Waals surface area contributed by atoms with Crippen LogP contribution >= 0.6 is 0 Å². The van der Waals surface area contributed by atoms with Crippen LogP contribution in [-0.2, 0) is 5.41 Å². The molecule has 4 nitrogen and oxygen atoms in total. The van der Waals surface area contributed by atoms with Crippen LogP contribution in [0.4, 0.5) is 11.4 Å². The molecule has 1 aliphatic rings. The zero-order valence-corrected chi connectivity index (χ0v) is 16.2. The molecule has 0 saturated carbocycles. The van der Waals surface area contributed by atoms with Crippen LogP contribution in [0.1, 0.15) is 56.6 Å². The Bertz CT molecular complexity index is 754. The van der Waals surface area contributed by atoms with E-state index in [1.807, 2.05) is 17.0 Å². The molecule has 2 heterocycles. The van der Waals surface area contributed by atoms with Gasteiger partial charge >= 0.3 is 0 Å². The van der Waals surface area contributed by atoms with E-state index in [1.165, 1.54) is 5.56 Å². The van der Waals surface area contributed by atoms with Crippen molar-refractivity contribution < 1.29 is 4.79 Å². The first-order chi connectivity index (χ1) is 12.3. The van der Waals surface area contributed by atoms with Gasteiger partial charge in [-0.1, -0.05) is 39.8 Å². The van der Waals surface area contributed by atoms with Crippen molar-refractivity contribution in [2.24, 2.45) is 5.92 Å². The van der Waals surface area contributed by atoms with Gasteiger partial charge in [-0.15, -0.1) is 0 Å². The average Bonchev–Trinajstić information content (AvgIpc) is 2.62. The number of nitrogens with one attached hydrogen (secondary N) is 1. The van der Waals surface area contributed by atoms with Crippen molar-refractivity contribution in [2.45, 2.75) is 46.0 Å². The minimum Gasteiger partial charge on any atom is -0.355 e. The fraction of sp³-hybridized carbons (Fsp3) is 0.455. The van der Waals surface area contributed by atoms with Crippen molar-refractivity contribution in [3.63, 3.8) is 0 Å². The summed E-state index contributed by atoms with van der Waals surface area (Å²) in [6.45, 7) is 10.5. The molecule has 0 spiro atoms. The highest BCUT2D eigenvalue weighted by Gasteiger charge is 2.22. The van der Waals surface area contributed by atoms with Gasteiger partial charge in [0, 0.05) is 30.7 Å². The SMILES string of the molecule is CC1CCN(C(=O)c2cc(Nc3ccc(C(C)(C)C)cc3)ccn2)CC1. The van der Waals surface area contributed by atoms with Gasteiger partial charge in [-0.05, 0) is 54.0 Å². The highest BCUT2D eigenvalue weighted by molar-refractivity contribution is 5.93. The molecule has 0 bridgehead atoms. The van der Waals surface area contributed by atoms with Crippen LogP contribution < -0.4 is 5.32 Å². The van der Waals surface area contributed by atoms with E-state index in [0.29, 0.717) is 11.6 Å². The molecule has 2 aromatic rings. The minimum atomic E-state index is 0.0311. The van der Waals surface area contributed by atoms with E-state index >= 15 is 0 Å². The number of aromatic nitrogens is 1. The number of piperidine rings is 1. The Labute approximate surface area is 156 Å². The Balaban J connectivity index is 1.70. The topological polar surface area (TPSA) is 45.2 Å². The summed E-state index contributed by atoms with van der Waals surface area (Å²) in [5.41, 5.74) is 3.84. The van der Waals surface area contributed by atoms with Crippen molar-refractivity contribution >= 4 is 17.3 Å². The number of pyridine rings is 1. The van der Waals surface area contributed by atoms with Gasteiger partial charge in [0.15, 0.2) is 0 Å². The van der Waals surface area contributed by atoms with Crippen LogP contribution in [0.15, 0.2) is 42.6 Å². The highest BCUT2D eigenvalue weighted by Crippen LogP contribution is 2.25. The number of carbonyl (C=O) groups is 1. The molecule has 0 radical (unpaired) electrons. The maximum atomic E-state index is 12.7. The molecule has 138 valence electrons. The number of amides is 1. The number of nitrogens with zero attached hydrogens (tertiary/aromatic N) is 2. The van der Waals surface area contributed by atoms with Crippen molar-refractivity contribution in [1.82, 2.24) is 9.88 Å². The monoisotopic (exact) mass is 351 g/mol. The predicted octanol–water partition coefficient (Wildman–Crippen LogP) is 4.99. The molecular weight excluding hydrogens is 322 g/mol. The second-order valence-electron chi connectivity index (χ2n) is 8.36. The number of hydrogen-bond acceptors (Lipinski definition) is 3. The Kier molecular flexibility index (Phi) is 5.30. The summed E-state index contributed by atoms with van der Waals surface area (Å²) in [6.07, 6.45) is 3.85. The van der Waals surface area contributed by atoms with Crippen LogP contribution in [0, 0.1) is 5.92 Å². The molecule has 1 aliphatic heterocycles. The van der Waals surface area contributed by atoms with E-state index in [4.69, 9.17) is 0 Å². The average molecular weight is 351 g/mol. The van der Waals surface area contributed by atoms with Gasteiger partial charge in [-0.3, -0.25) is 9.78 Å². The molecule has 1 fully saturated rings. The van der Waals surface area contributed by atoms with Gasteiger partial charge in [0.05, 0.1) is 0 Å². The lowest BCUT2D eigenvalue weighted by molar-refractivity contribution is 0.0691. The standard InChI is InChI=1S/C22H29N3O/c1-16-10-13-25(14-11-16)21(26)20-15-19(9-12-23-20)24-18-7-5-17(6-8-18)22(2,3)4/h5-9,12,15-16H,10-11,13-14H2,1-4H3,(H,23,24). The molecule has 26 heavy (non-hydrogen) atoms. The molecule has 0 atom stereocenters. The van der Waals surface area contributed by atoms with Gasteiger partial charge in [0.2, 0.25) is 0 Å². The van der Waals surface area contributed by atoms with Crippen LogP contribution in [0.3, 0.4) is 0 Å². The molecule has 0 aliphatic carbocycles. The first-order valence-corrected chi connectivity index (χ1v) is 9.46. The fourth-order valence-corrected chi connectivity index (χ4v) is 3.22. The Morgan fingerprint density at radius 1 is 1.08 bits per heavy atom. The number of anilines is 2. The van der Waals surface area contributed by atoms with E-state index in [9.17, 15) is 4.79 Å². The third-order valence-electron chi connectivity index (χ3n) is 5.09. The van der Waals surface area contributed by atoms with Crippen molar-refractivity contribution in [3.8, 4) is 0 Å². The van der Waals surface area contributed by atoms with E-state index in [1.54, 1.807) is 6.20 Å². The molecule has 1 saturated heterocycles. The van der Waals surface area contributed by atoms with Crippen LogP contribution in [0.5, 0.6) is 0 Å². The third-order valence-corrected chi connectivity index (χ3v) is 5.09. The van der Waals surface area contributed by atoms with Gasteiger partial charge in [-0.25, -0.2) is 0 Å². The van der Waals surface area contributed by atoms with E-state index in [0.717, 1.165) is 37.3 Å². The van der Waals surface area contributed by atoms with E-state index < -0.39 is 0 Å². The molecule has 1 aromatic carbocycles. The van der Waals surface area contributed by atoms with Crippen molar-refractivity contribution in [2.75, 3.05) is 18.4 Å². The Hall–Kier alpha value is -2.36. The predicted molar refractivity (Wildman–Crippen MR) is 107 cm³/mol. The van der Waals surface area contributed by atoms with Crippen LogP contribution in [-0.4, -0.2) is 28.9 Å². The lowest BCUT2D eigenvalue weighted by Gasteiger charge is -2.30.